The predicted octanol–water partition coefficient (Wildman–Crippen LogP) is 4.16. The summed E-state index contributed by atoms with van der Waals surface area (Å²) in [5.74, 6) is 0.472. The van der Waals surface area contributed by atoms with E-state index in [1.165, 1.54) is 12.4 Å². The average Bonchev–Trinajstić information content (AvgIpc) is 3.19. The van der Waals surface area contributed by atoms with Crippen molar-refractivity contribution in [1.29, 1.82) is 0 Å². The van der Waals surface area contributed by atoms with Crippen LogP contribution in [0.25, 0.3) is 22.7 Å². The van der Waals surface area contributed by atoms with Gasteiger partial charge in [-0.25, -0.2) is 22.7 Å². The molecule has 2 aromatic heterocycles. The van der Waals surface area contributed by atoms with Crippen molar-refractivity contribution < 1.29 is 23.1 Å². The molecule has 0 radical (unpaired) electrons. The number of aromatic nitrogens is 3. The number of carbonyl (C=O) groups is 1. The number of fused-ring (bicyclic) bond motifs is 1. The number of nitrogens with zero attached hydrogens (tertiary/aromatic N) is 3. The molecule has 1 aliphatic rings. The van der Waals surface area contributed by atoms with Crippen LogP contribution in [0.4, 0.5) is 5.82 Å². The van der Waals surface area contributed by atoms with Gasteiger partial charge >= 0.3 is 5.97 Å². The fourth-order valence-electron chi connectivity index (χ4n) is 4.64. The lowest BCUT2D eigenvalue weighted by Crippen LogP contribution is -2.23. The summed E-state index contributed by atoms with van der Waals surface area (Å²) in [4.78, 5) is 15.6. The maximum atomic E-state index is 12.1. The maximum Gasteiger partial charge on any atom is 0.328 e. The third-order valence-corrected chi connectivity index (χ3v) is 8.00. The number of sulfone groups is 1. The lowest BCUT2D eigenvalue weighted by molar-refractivity contribution is -0.131. The van der Waals surface area contributed by atoms with Crippen LogP contribution in [0.15, 0.2) is 67.0 Å². The predicted molar refractivity (Wildman–Crippen MR) is 137 cm³/mol. The number of ether oxygens (including phenoxy) is 1. The average molecular weight is 505 g/mol. The molecule has 0 bridgehead atoms. The van der Waals surface area contributed by atoms with Gasteiger partial charge < -0.3 is 15.6 Å². The standard InChI is InChI=1S/C26H24N4O5S/c27-26-25-23(17-6-8-20(9-7-17)35-19-4-2-1-3-5-19)21(10-11-22(31)32)24(30(25)29-16-28-26)18-12-14-36(33,34)15-13-18/h1-11,16,18H,12-15H2,(H,31,32)(H2,27,28,29)/b11-10+. The molecule has 1 saturated heterocycles. The van der Waals surface area contributed by atoms with Crippen LogP contribution < -0.4 is 10.5 Å². The number of hydrogen-bond acceptors (Lipinski definition) is 7. The minimum absolute atomic E-state index is 0.0639. The minimum atomic E-state index is -3.09. The second-order valence-corrected chi connectivity index (χ2v) is 10.9. The first kappa shape index (κ1) is 23.6. The van der Waals surface area contributed by atoms with E-state index in [4.69, 9.17) is 10.5 Å². The van der Waals surface area contributed by atoms with E-state index < -0.39 is 15.8 Å². The summed E-state index contributed by atoms with van der Waals surface area (Å²) in [5.41, 5.74) is 9.66. The Morgan fingerprint density at radius 1 is 1.06 bits per heavy atom. The van der Waals surface area contributed by atoms with E-state index >= 15 is 0 Å². The second-order valence-electron chi connectivity index (χ2n) is 8.62. The quantitative estimate of drug-likeness (QED) is 0.374. The van der Waals surface area contributed by atoms with Gasteiger partial charge in [-0.15, -0.1) is 0 Å². The van der Waals surface area contributed by atoms with Crippen LogP contribution in [0.5, 0.6) is 11.5 Å². The van der Waals surface area contributed by atoms with Crippen molar-refractivity contribution in [2.75, 3.05) is 17.2 Å². The Bertz CT molecular complexity index is 1550. The molecule has 1 aliphatic heterocycles. The van der Waals surface area contributed by atoms with Gasteiger partial charge in [0.05, 0.1) is 17.2 Å². The van der Waals surface area contributed by atoms with Crippen molar-refractivity contribution in [3.05, 3.63) is 78.3 Å². The van der Waals surface area contributed by atoms with Gasteiger partial charge in [0, 0.05) is 23.1 Å². The molecule has 3 N–H and O–H groups in total. The zero-order valence-electron chi connectivity index (χ0n) is 19.2. The zero-order valence-corrected chi connectivity index (χ0v) is 20.1. The zero-order chi connectivity index (χ0) is 25.3. The van der Waals surface area contributed by atoms with E-state index in [1.54, 1.807) is 4.52 Å². The Balaban J connectivity index is 1.66. The Morgan fingerprint density at radius 2 is 1.72 bits per heavy atom. The fraction of sp³-hybridized carbons (Fsp3) is 0.192. The maximum absolute atomic E-state index is 12.1. The fourth-order valence-corrected chi connectivity index (χ4v) is 6.13. The molecule has 5 rings (SSSR count). The molecule has 10 heteroatoms. The van der Waals surface area contributed by atoms with Gasteiger partial charge in [-0.05, 0) is 48.7 Å². The number of anilines is 1. The number of hydrogen-bond donors (Lipinski definition) is 2. The van der Waals surface area contributed by atoms with E-state index in [0.717, 1.165) is 17.3 Å². The molecule has 184 valence electrons. The van der Waals surface area contributed by atoms with Crippen LogP contribution in [0.2, 0.25) is 0 Å². The molecular weight excluding hydrogens is 480 g/mol. The SMILES string of the molecule is Nc1ncnn2c(C3CCS(=O)(=O)CC3)c(/C=C/C(=O)O)c(-c3ccc(Oc4ccccc4)cc3)c12. The Labute approximate surface area is 207 Å². The molecule has 0 atom stereocenters. The summed E-state index contributed by atoms with van der Waals surface area (Å²) in [6.07, 6.45) is 4.76. The molecule has 36 heavy (non-hydrogen) atoms. The highest BCUT2D eigenvalue weighted by Gasteiger charge is 2.31. The van der Waals surface area contributed by atoms with Crippen molar-refractivity contribution in [2.24, 2.45) is 0 Å². The molecule has 9 nitrogen and oxygen atoms in total. The molecular formula is C26H24N4O5S. The number of nitrogen functional groups attached to an aromatic ring is 1. The van der Waals surface area contributed by atoms with Gasteiger partial charge in [0.2, 0.25) is 0 Å². The summed E-state index contributed by atoms with van der Waals surface area (Å²) in [6.45, 7) is 0. The van der Waals surface area contributed by atoms with Crippen LogP contribution in [-0.4, -0.2) is 45.6 Å². The number of carboxylic acids is 1. The van der Waals surface area contributed by atoms with E-state index in [0.29, 0.717) is 41.0 Å². The summed E-state index contributed by atoms with van der Waals surface area (Å²) in [7, 11) is -3.09. The highest BCUT2D eigenvalue weighted by Crippen LogP contribution is 2.42. The number of nitrogens with two attached hydrogens (primary N) is 1. The molecule has 0 saturated carbocycles. The van der Waals surface area contributed by atoms with E-state index in [9.17, 15) is 18.3 Å². The first-order valence-electron chi connectivity index (χ1n) is 11.4. The van der Waals surface area contributed by atoms with Gasteiger partial charge in [-0.2, -0.15) is 5.10 Å². The van der Waals surface area contributed by atoms with Gasteiger partial charge in [0.15, 0.2) is 5.82 Å². The van der Waals surface area contributed by atoms with Crippen molar-refractivity contribution in [2.45, 2.75) is 18.8 Å². The van der Waals surface area contributed by atoms with Crippen molar-refractivity contribution in [3.8, 4) is 22.6 Å². The molecule has 0 amide bonds. The van der Waals surface area contributed by atoms with E-state index in [1.807, 2.05) is 54.6 Å². The molecule has 1 fully saturated rings. The van der Waals surface area contributed by atoms with E-state index in [-0.39, 0.29) is 23.2 Å². The van der Waals surface area contributed by atoms with Crippen molar-refractivity contribution in [1.82, 2.24) is 14.6 Å². The topological polar surface area (TPSA) is 137 Å². The Kier molecular flexibility index (Phi) is 6.19. The normalized spacial score (nSPS) is 15.9. The van der Waals surface area contributed by atoms with Gasteiger partial charge in [-0.1, -0.05) is 30.3 Å². The third kappa shape index (κ3) is 4.67. The number of rotatable bonds is 6. The van der Waals surface area contributed by atoms with Crippen molar-refractivity contribution >= 4 is 33.2 Å². The monoisotopic (exact) mass is 504 g/mol. The van der Waals surface area contributed by atoms with Gasteiger partial charge in [0.1, 0.15) is 33.2 Å². The summed E-state index contributed by atoms with van der Waals surface area (Å²) >= 11 is 0. The highest BCUT2D eigenvalue weighted by atomic mass is 32.2. The van der Waals surface area contributed by atoms with E-state index in [2.05, 4.69) is 10.1 Å². The molecule has 4 aromatic rings. The lowest BCUT2D eigenvalue weighted by atomic mass is 9.92. The summed E-state index contributed by atoms with van der Waals surface area (Å²) in [6, 6.07) is 16.8. The highest BCUT2D eigenvalue weighted by molar-refractivity contribution is 7.91. The lowest BCUT2D eigenvalue weighted by Gasteiger charge is -2.22. The van der Waals surface area contributed by atoms with Crippen LogP contribution in [-0.2, 0) is 14.6 Å². The Morgan fingerprint density at radius 3 is 2.39 bits per heavy atom. The number of benzene rings is 2. The second kappa shape index (κ2) is 9.46. The van der Waals surface area contributed by atoms with Crippen molar-refractivity contribution in [3.63, 3.8) is 0 Å². The van der Waals surface area contributed by atoms with Crippen LogP contribution in [0.1, 0.15) is 30.0 Å². The third-order valence-electron chi connectivity index (χ3n) is 6.28. The number of carboxylic acid groups (broad SMARTS) is 1. The molecule has 3 heterocycles. The molecule has 0 aliphatic carbocycles. The van der Waals surface area contributed by atoms with Gasteiger partial charge in [0.25, 0.3) is 0 Å². The Hall–Kier alpha value is -4.18. The number of para-hydroxylation sites is 1. The minimum Gasteiger partial charge on any atom is -0.478 e. The van der Waals surface area contributed by atoms with Crippen LogP contribution >= 0.6 is 0 Å². The smallest absolute Gasteiger partial charge is 0.328 e. The van der Waals surface area contributed by atoms with Gasteiger partial charge in [-0.3, -0.25) is 0 Å². The molecule has 0 unspecified atom stereocenters. The first-order chi connectivity index (χ1) is 17.3. The summed E-state index contributed by atoms with van der Waals surface area (Å²) < 4.78 is 31.7. The summed E-state index contributed by atoms with van der Waals surface area (Å²) in [5, 5.41) is 13.8. The largest absolute Gasteiger partial charge is 0.478 e. The number of aliphatic carboxylic acids is 1. The molecule has 2 aromatic carbocycles. The van der Waals surface area contributed by atoms with Crippen LogP contribution in [0, 0.1) is 0 Å². The first-order valence-corrected chi connectivity index (χ1v) is 13.2. The van der Waals surface area contributed by atoms with Crippen LogP contribution in [0.3, 0.4) is 0 Å². The molecule has 0 spiro atoms.